The molecule has 1 aliphatic rings. The van der Waals surface area contributed by atoms with Crippen molar-refractivity contribution in [1.29, 1.82) is 5.26 Å². The molecule has 0 unspecified atom stereocenters. The number of benzene rings is 1. The number of likely N-dealkylation sites (tertiary alicyclic amines) is 1. The third-order valence-corrected chi connectivity index (χ3v) is 4.87. The minimum Gasteiger partial charge on any atom is -0.462 e. The van der Waals surface area contributed by atoms with Crippen LogP contribution >= 0.6 is 11.6 Å². The van der Waals surface area contributed by atoms with Gasteiger partial charge in [0.05, 0.1) is 12.3 Å². The van der Waals surface area contributed by atoms with E-state index in [0.717, 1.165) is 36.5 Å². The highest BCUT2D eigenvalue weighted by Crippen LogP contribution is 2.26. The Balaban J connectivity index is 1.79. The van der Waals surface area contributed by atoms with Gasteiger partial charge in [0, 0.05) is 23.3 Å². The van der Waals surface area contributed by atoms with E-state index < -0.39 is 5.97 Å². The maximum Gasteiger partial charge on any atom is 0.350 e. The molecule has 1 aliphatic heterocycles. The summed E-state index contributed by atoms with van der Waals surface area (Å²) in [6.45, 7) is 4.74. The molecule has 1 fully saturated rings. The molecule has 0 aliphatic carbocycles. The van der Waals surface area contributed by atoms with Gasteiger partial charge in [-0.1, -0.05) is 23.7 Å². The van der Waals surface area contributed by atoms with Crippen molar-refractivity contribution < 1.29 is 9.53 Å². The number of ether oxygens (including phenoxy) is 1. The van der Waals surface area contributed by atoms with Gasteiger partial charge in [-0.3, -0.25) is 10.3 Å². The molecule has 1 aromatic carbocycles. The molecule has 2 N–H and O–H groups in total. The van der Waals surface area contributed by atoms with E-state index in [-0.39, 0.29) is 12.2 Å². The van der Waals surface area contributed by atoms with Crippen molar-refractivity contribution in [1.82, 2.24) is 20.5 Å². The Morgan fingerprint density at radius 3 is 2.70 bits per heavy atom. The number of carbonyl (C=O) groups is 1. The number of hydrogen-bond acceptors (Lipinski definition) is 8. The van der Waals surface area contributed by atoms with Crippen LogP contribution in [0, 0.1) is 11.3 Å². The molecule has 8 nitrogen and oxygen atoms in total. The number of rotatable bonds is 8. The van der Waals surface area contributed by atoms with Crippen LogP contribution in [0.5, 0.6) is 0 Å². The van der Waals surface area contributed by atoms with Gasteiger partial charge in [-0.05, 0) is 56.6 Å². The Kier molecular flexibility index (Phi) is 7.60. The minimum atomic E-state index is -0.687. The Bertz CT molecular complexity index is 949. The van der Waals surface area contributed by atoms with Crippen LogP contribution in [-0.2, 0) is 16.1 Å². The number of nitriles is 1. The zero-order valence-corrected chi connectivity index (χ0v) is 17.4. The summed E-state index contributed by atoms with van der Waals surface area (Å²) in [5.41, 5.74) is 8.18. The van der Waals surface area contributed by atoms with Crippen LogP contribution in [-0.4, -0.2) is 40.8 Å². The van der Waals surface area contributed by atoms with Gasteiger partial charge in [0.2, 0.25) is 0 Å². The zero-order chi connectivity index (χ0) is 21.3. The van der Waals surface area contributed by atoms with E-state index in [9.17, 15) is 4.79 Å². The number of aromatic nitrogens is 2. The molecule has 9 heteroatoms. The molecule has 0 saturated carbocycles. The summed E-state index contributed by atoms with van der Waals surface area (Å²) in [5, 5.41) is 18.4. The van der Waals surface area contributed by atoms with E-state index in [0.29, 0.717) is 10.8 Å². The second kappa shape index (κ2) is 10.6. The van der Waals surface area contributed by atoms with Crippen LogP contribution in [0.15, 0.2) is 42.1 Å². The number of nitrogens with zero attached hydrogens (tertiary/aromatic N) is 4. The smallest absolute Gasteiger partial charge is 0.350 e. The quantitative estimate of drug-likeness (QED) is 0.287. The molecule has 0 spiro atoms. The van der Waals surface area contributed by atoms with E-state index in [2.05, 4.69) is 25.9 Å². The molecule has 2 heterocycles. The van der Waals surface area contributed by atoms with Gasteiger partial charge in [0.15, 0.2) is 11.4 Å². The number of carbonyl (C=O) groups excluding carboxylic acids is 1. The summed E-state index contributed by atoms with van der Waals surface area (Å²) >= 11 is 6.01. The maximum absolute atomic E-state index is 11.7. The molecular formula is C21H23ClN6O2. The molecule has 3 rings (SSSR count). The average molecular weight is 427 g/mol. The molecule has 0 atom stereocenters. The Hall–Kier alpha value is -3.15. The first kappa shape index (κ1) is 21.6. The van der Waals surface area contributed by atoms with Crippen molar-refractivity contribution in [3.05, 3.63) is 52.7 Å². The van der Waals surface area contributed by atoms with Crippen molar-refractivity contribution in [3.63, 3.8) is 0 Å². The van der Waals surface area contributed by atoms with Gasteiger partial charge in [0.1, 0.15) is 6.07 Å². The topological polar surface area (TPSA) is 103 Å². The van der Waals surface area contributed by atoms with Crippen molar-refractivity contribution in [2.75, 3.05) is 25.1 Å². The molecule has 2 aromatic rings. The summed E-state index contributed by atoms with van der Waals surface area (Å²) < 4.78 is 4.82. The van der Waals surface area contributed by atoms with Crippen LogP contribution in [0.25, 0.3) is 11.3 Å². The predicted molar refractivity (Wildman–Crippen MR) is 114 cm³/mol. The van der Waals surface area contributed by atoms with E-state index in [4.69, 9.17) is 21.6 Å². The lowest BCUT2D eigenvalue weighted by molar-refractivity contribution is -0.138. The van der Waals surface area contributed by atoms with Gasteiger partial charge in [-0.2, -0.15) is 5.26 Å². The molecule has 0 radical (unpaired) electrons. The SMILES string of the molecule is CCOC(=O)/C(C#N)=C/NNc1cc(CN2CCCC2)c(-c2ccc(Cl)cc2)nn1. The Morgan fingerprint density at radius 1 is 1.30 bits per heavy atom. The minimum absolute atomic E-state index is 0.146. The summed E-state index contributed by atoms with van der Waals surface area (Å²) in [4.78, 5) is 14.0. The highest BCUT2D eigenvalue weighted by molar-refractivity contribution is 6.30. The average Bonchev–Trinajstić information content (AvgIpc) is 3.25. The number of halogens is 1. The van der Waals surface area contributed by atoms with Gasteiger partial charge in [0.25, 0.3) is 0 Å². The highest BCUT2D eigenvalue weighted by atomic mass is 35.5. The van der Waals surface area contributed by atoms with Crippen LogP contribution < -0.4 is 10.9 Å². The number of nitrogens with one attached hydrogen (secondary N) is 2. The first-order valence-electron chi connectivity index (χ1n) is 9.74. The fourth-order valence-corrected chi connectivity index (χ4v) is 3.30. The largest absolute Gasteiger partial charge is 0.462 e. The van der Waals surface area contributed by atoms with Crippen LogP contribution in [0.1, 0.15) is 25.3 Å². The van der Waals surface area contributed by atoms with Crippen LogP contribution in [0.2, 0.25) is 5.02 Å². The van der Waals surface area contributed by atoms with Crippen molar-refractivity contribution >= 4 is 23.4 Å². The maximum atomic E-state index is 11.7. The summed E-state index contributed by atoms with van der Waals surface area (Å²) in [5.74, 6) is -0.215. The lowest BCUT2D eigenvalue weighted by Gasteiger charge is -2.18. The molecule has 1 saturated heterocycles. The third-order valence-electron chi connectivity index (χ3n) is 4.62. The van der Waals surface area contributed by atoms with Gasteiger partial charge < -0.3 is 10.2 Å². The van der Waals surface area contributed by atoms with Crippen LogP contribution in [0.3, 0.4) is 0 Å². The molecule has 0 bridgehead atoms. The molecule has 0 amide bonds. The van der Waals surface area contributed by atoms with Gasteiger partial charge in [-0.15, -0.1) is 10.2 Å². The summed E-state index contributed by atoms with van der Waals surface area (Å²) in [7, 11) is 0. The number of esters is 1. The lowest BCUT2D eigenvalue weighted by Crippen LogP contribution is -2.21. The highest BCUT2D eigenvalue weighted by Gasteiger charge is 2.17. The first-order valence-corrected chi connectivity index (χ1v) is 10.1. The van der Waals surface area contributed by atoms with Crippen molar-refractivity contribution in [3.8, 4) is 17.3 Å². The Morgan fingerprint density at radius 2 is 2.03 bits per heavy atom. The molecule has 156 valence electrons. The zero-order valence-electron chi connectivity index (χ0n) is 16.7. The Labute approximate surface area is 180 Å². The number of hydrazine groups is 1. The summed E-state index contributed by atoms with van der Waals surface area (Å²) in [6.07, 6.45) is 3.63. The first-order chi connectivity index (χ1) is 14.6. The van der Waals surface area contributed by atoms with E-state index >= 15 is 0 Å². The van der Waals surface area contributed by atoms with Crippen LogP contribution in [0.4, 0.5) is 5.82 Å². The van der Waals surface area contributed by atoms with E-state index in [1.165, 1.54) is 19.0 Å². The standard InChI is InChI=1S/C21H23ClN6O2/c1-2-30-21(29)17(12-23)13-24-25-19-11-16(14-28-9-3-4-10-28)20(27-26-19)15-5-7-18(22)8-6-15/h5-8,11,13,24H,2-4,9-10,14H2,1H3,(H,25,26)/b17-13+. The second-order valence-electron chi connectivity index (χ2n) is 6.75. The van der Waals surface area contributed by atoms with Gasteiger partial charge >= 0.3 is 5.97 Å². The predicted octanol–water partition coefficient (Wildman–Crippen LogP) is 3.28. The monoisotopic (exact) mass is 426 g/mol. The molecular weight excluding hydrogens is 404 g/mol. The van der Waals surface area contributed by atoms with E-state index in [1.807, 2.05) is 30.3 Å². The number of hydrogen-bond donors (Lipinski definition) is 2. The van der Waals surface area contributed by atoms with Crippen molar-refractivity contribution in [2.45, 2.75) is 26.3 Å². The fraction of sp³-hybridized carbons (Fsp3) is 0.333. The van der Waals surface area contributed by atoms with Crippen molar-refractivity contribution in [2.24, 2.45) is 0 Å². The third kappa shape index (κ3) is 5.69. The summed E-state index contributed by atoms with van der Waals surface area (Å²) in [6, 6.07) is 11.2. The molecule has 1 aromatic heterocycles. The normalized spacial score (nSPS) is 14.2. The van der Waals surface area contributed by atoms with E-state index in [1.54, 1.807) is 13.0 Å². The molecule has 30 heavy (non-hydrogen) atoms. The fourth-order valence-electron chi connectivity index (χ4n) is 3.17. The lowest BCUT2D eigenvalue weighted by atomic mass is 10.1. The van der Waals surface area contributed by atoms with Gasteiger partial charge in [-0.25, -0.2) is 4.79 Å². The number of anilines is 1. The second-order valence-corrected chi connectivity index (χ2v) is 7.19.